The van der Waals surface area contributed by atoms with Gasteiger partial charge in [0.05, 0.1) is 22.4 Å². The van der Waals surface area contributed by atoms with E-state index < -0.39 is 10.0 Å². The summed E-state index contributed by atoms with van der Waals surface area (Å²) in [6.45, 7) is 4.23. The van der Waals surface area contributed by atoms with Crippen molar-refractivity contribution in [1.29, 1.82) is 0 Å². The Hall–Kier alpha value is -1.51. The van der Waals surface area contributed by atoms with E-state index in [4.69, 9.17) is 27.9 Å². The van der Waals surface area contributed by atoms with Crippen LogP contribution in [0.1, 0.15) is 31.2 Å². The van der Waals surface area contributed by atoms with E-state index in [1.54, 1.807) is 18.2 Å². The van der Waals surface area contributed by atoms with E-state index in [0.29, 0.717) is 29.6 Å². The van der Waals surface area contributed by atoms with Crippen LogP contribution >= 0.6 is 23.2 Å². The van der Waals surface area contributed by atoms with Gasteiger partial charge >= 0.3 is 0 Å². The number of sulfonamides is 1. The molecule has 3 rings (SSSR count). The van der Waals surface area contributed by atoms with Crippen LogP contribution in [0, 0.1) is 0 Å². The lowest BCUT2D eigenvalue weighted by molar-refractivity contribution is 0.215. The van der Waals surface area contributed by atoms with Crippen molar-refractivity contribution in [3.05, 3.63) is 58.1 Å². The molecule has 2 N–H and O–H groups in total. The second-order valence-electron chi connectivity index (χ2n) is 7.92. The molecule has 1 saturated heterocycles. The molecule has 9 heteroatoms. The van der Waals surface area contributed by atoms with Crippen molar-refractivity contribution in [1.82, 2.24) is 9.62 Å². The molecule has 2 aromatic rings. The first-order chi connectivity index (χ1) is 15.4. The molecule has 0 spiro atoms. The molecule has 0 radical (unpaired) electrons. The predicted molar refractivity (Wildman–Crippen MR) is 132 cm³/mol. The molecule has 0 aliphatic carbocycles. The van der Waals surface area contributed by atoms with Gasteiger partial charge < -0.3 is 10.1 Å². The van der Waals surface area contributed by atoms with Crippen LogP contribution in [0.2, 0.25) is 10.0 Å². The number of likely N-dealkylation sites (tertiary alicyclic amines) is 1. The summed E-state index contributed by atoms with van der Waals surface area (Å²) in [4.78, 5) is 2.46. The molecule has 0 saturated carbocycles. The van der Waals surface area contributed by atoms with Gasteiger partial charge in [0, 0.05) is 30.9 Å². The summed E-state index contributed by atoms with van der Waals surface area (Å²) in [7, 11) is -3.38. The average molecular weight is 500 g/mol. The van der Waals surface area contributed by atoms with Crippen molar-refractivity contribution in [2.75, 3.05) is 43.9 Å². The maximum atomic E-state index is 12.2. The predicted octanol–water partition coefficient (Wildman–Crippen LogP) is 4.78. The molecule has 0 atom stereocenters. The van der Waals surface area contributed by atoms with Gasteiger partial charge in [0.1, 0.15) is 5.75 Å². The highest BCUT2D eigenvalue weighted by atomic mass is 35.5. The van der Waals surface area contributed by atoms with Crippen LogP contribution in [0.4, 0.5) is 5.69 Å². The Labute approximate surface area is 201 Å². The zero-order valence-corrected chi connectivity index (χ0v) is 20.5. The normalized spacial score (nSPS) is 14.9. The molecule has 1 fully saturated rings. The molecule has 0 bridgehead atoms. The SMILES string of the molecule is O=S(=O)(CCNc1ccc(Cl)c(Cl)c1)NCCCOc1ccccc1CN1CCCCC1. The lowest BCUT2D eigenvalue weighted by Gasteiger charge is -2.27. The van der Waals surface area contributed by atoms with Crippen molar-refractivity contribution in [3.8, 4) is 5.75 Å². The van der Waals surface area contributed by atoms with Crippen LogP contribution < -0.4 is 14.8 Å². The number of anilines is 1. The number of ether oxygens (including phenoxy) is 1. The van der Waals surface area contributed by atoms with E-state index >= 15 is 0 Å². The maximum absolute atomic E-state index is 12.2. The third kappa shape index (κ3) is 8.45. The fraction of sp³-hybridized carbons (Fsp3) is 0.478. The van der Waals surface area contributed by atoms with Gasteiger partial charge in [-0.1, -0.05) is 47.8 Å². The fourth-order valence-corrected chi connectivity index (χ4v) is 4.89. The monoisotopic (exact) mass is 499 g/mol. The summed E-state index contributed by atoms with van der Waals surface area (Å²) < 4.78 is 33.0. The smallest absolute Gasteiger partial charge is 0.213 e. The molecule has 6 nitrogen and oxygen atoms in total. The third-order valence-corrected chi connectivity index (χ3v) is 7.46. The number of rotatable bonds is 12. The van der Waals surface area contributed by atoms with Crippen LogP contribution in [0.3, 0.4) is 0 Å². The minimum absolute atomic E-state index is 0.0349. The highest BCUT2D eigenvalue weighted by molar-refractivity contribution is 7.89. The number of hydrogen-bond donors (Lipinski definition) is 2. The van der Waals surface area contributed by atoms with Gasteiger partial charge in [-0.25, -0.2) is 13.1 Å². The van der Waals surface area contributed by atoms with Gasteiger partial charge in [-0.2, -0.15) is 0 Å². The van der Waals surface area contributed by atoms with Crippen LogP contribution in [0.5, 0.6) is 5.75 Å². The Morgan fingerprint density at radius 3 is 2.53 bits per heavy atom. The molecule has 2 aromatic carbocycles. The van der Waals surface area contributed by atoms with Crippen molar-refractivity contribution in [3.63, 3.8) is 0 Å². The molecule has 176 valence electrons. The molecular formula is C23H31Cl2N3O3S. The maximum Gasteiger partial charge on any atom is 0.213 e. The molecule has 1 aliphatic rings. The fourth-order valence-electron chi connectivity index (χ4n) is 3.62. The van der Waals surface area contributed by atoms with Crippen molar-refractivity contribution in [2.45, 2.75) is 32.2 Å². The Morgan fingerprint density at radius 2 is 1.75 bits per heavy atom. The first kappa shape index (κ1) is 25.1. The van der Waals surface area contributed by atoms with Gasteiger partial charge in [0.15, 0.2) is 0 Å². The van der Waals surface area contributed by atoms with Crippen LogP contribution in [0.15, 0.2) is 42.5 Å². The highest BCUT2D eigenvalue weighted by Crippen LogP contribution is 2.25. The molecule has 1 aliphatic heterocycles. The summed E-state index contributed by atoms with van der Waals surface area (Å²) in [5, 5.41) is 3.93. The molecule has 0 amide bonds. The Morgan fingerprint density at radius 1 is 0.969 bits per heavy atom. The van der Waals surface area contributed by atoms with Crippen LogP contribution in [0.25, 0.3) is 0 Å². The van der Waals surface area contributed by atoms with Gasteiger partial charge in [-0.3, -0.25) is 4.90 Å². The number of para-hydroxylation sites is 1. The second kappa shape index (κ2) is 12.7. The largest absolute Gasteiger partial charge is 0.493 e. The van der Waals surface area contributed by atoms with Gasteiger partial charge in [0.25, 0.3) is 0 Å². The number of benzene rings is 2. The van der Waals surface area contributed by atoms with E-state index in [1.807, 2.05) is 18.2 Å². The second-order valence-corrected chi connectivity index (χ2v) is 10.7. The van der Waals surface area contributed by atoms with E-state index in [1.165, 1.54) is 24.8 Å². The van der Waals surface area contributed by atoms with Crippen molar-refractivity contribution < 1.29 is 13.2 Å². The third-order valence-electron chi connectivity index (χ3n) is 5.34. The molecule has 32 heavy (non-hydrogen) atoms. The Kier molecular flexibility index (Phi) is 9.93. The lowest BCUT2D eigenvalue weighted by atomic mass is 10.1. The summed E-state index contributed by atoms with van der Waals surface area (Å²) in [5.41, 5.74) is 1.91. The summed E-state index contributed by atoms with van der Waals surface area (Å²) in [6, 6.07) is 13.2. The van der Waals surface area contributed by atoms with E-state index in [9.17, 15) is 8.42 Å². The standard InChI is InChI=1S/C23H31Cl2N3O3S/c24-21-10-9-20(17-22(21)25)26-12-16-32(29,30)27-11-6-15-31-23-8-3-2-7-19(23)18-28-13-4-1-5-14-28/h2-3,7-10,17,26-27H,1,4-6,11-16,18H2. The minimum Gasteiger partial charge on any atom is -0.493 e. The van der Waals surface area contributed by atoms with E-state index in [0.717, 1.165) is 31.1 Å². The number of nitrogens with one attached hydrogen (secondary N) is 2. The Bertz CT molecular complexity index is 967. The highest BCUT2D eigenvalue weighted by Gasteiger charge is 2.13. The van der Waals surface area contributed by atoms with Crippen LogP contribution in [-0.2, 0) is 16.6 Å². The first-order valence-corrected chi connectivity index (χ1v) is 13.4. The van der Waals surface area contributed by atoms with Gasteiger partial charge in [-0.15, -0.1) is 0 Å². The molecular weight excluding hydrogens is 469 g/mol. The first-order valence-electron chi connectivity index (χ1n) is 11.0. The van der Waals surface area contributed by atoms with Gasteiger partial charge in [-0.05, 0) is 56.6 Å². The van der Waals surface area contributed by atoms with Crippen molar-refractivity contribution >= 4 is 38.9 Å². The van der Waals surface area contributed by atoms with Crippen molar-refractivity contribution in [2.24, 2.45) is 0 Å². The molecule has 1 heterocycles. The lowest BCUT2D eigenvalue weighted by Crippen LogP contribution is -2.31. The number of hydrogen-bond acceptors (Lipinski definition) is 5. The Balaban J connectivity index is 1.35. The zero-order valence-electron chi connectivity index (χ0n) is 18.2. The molecule has 0 aromatic heterocycles. The topological polar surface area (TPSA) is 70.7 Å². The van der Waals surface area contributed by atoms with Gasteiger partial charge in [0.2, 0.25) is 10.0 Å². The van der Waals surface area contributed by atoms with E-state index in [2.05, 4.69) is 21.0 Å². The number of nitrogens with zero attached hydrogens (tertiary/aromatic N) is 1. The van der Waals surface area contributed by atoms with E-state index in [-0.39, 0.29) is 12.3 Å². The average Bonchev–Trinajstić information content (AvgIpc) is 2.77. The number of piperidine rings is 1. The number of halogens is 2. The summed E-state index contributed by atoms with van der Waals surface area (Å²) >= 11 is 11.9. The zero-order chi connectivity index (χ0) is 22.8. The minimum atomic E-state index is -3.38. The molecule has 0 unspecified atom stereocenters. The van der Waals surface area contributed by atoms with Crippen LogP contribution in [-0.4, -0.2) is 51.9 Å². The summed E-state index contributed by atoms with van der Waals surface area (Å²) in [6.07, 6.45) is 4.42. The quantitative estimate of drug-likeness (QED) is 0.411. The summed E-state index contributed by atoms with van der Waals surface area (Å²) in [5.74, 6) is 0.846.